The summed E-state index contributed by atoms with van der Waals surface area (Å²) >= 11 is 0. The smallest absolute Gasteiger partial charge is 0.416 e. The summed E-state index contributed by atoms with van der Waals surface area (Å²) < 4.78 is 73.6. The molecule has 0 bridgehead atoms. The number of aryl methyl sites for hydroxylation is 4. The standard InChI is InChI=1S/C19H22F3NO.C11H14O3.C9H9F3/c1-13-11-15(7-10-18(13)24)4-3-14(2)23-12-16-5-8-17(9-6-16)19(20,21)22;1-8(13)2-3-9-4-5-11(14)10(6-9)7-12;1-2-7-3-5-8(6-4-7)9(10,11)12/h5-11,14,23-24H,3-4,12H2,1-2H3;4-6,12,14H,2-3,7H2,1H3;3-6H,2H2,1H3. The van der Waals surface area contributed by atoms with Crippen LogP contribution >= 0.6 is 0 Å². The Balaban J connectivity index is 0.000000283. The van der Waals surface area contributed by atoms with Crippen LogP contribution in [0.3, 0.4) is 0 Å². The molecule has 0 fully saturated rings. The molecule has 4 aromatic carbocycles. The number of benzene rings is 4. The van der Waals surface area contributed by atoms with Crippen LogP contribution in [-0.4, -0.2) is 27.1 Å². The zero-order valence-electron chi connectivity index (χ0n) is 28.6. The van der Waals surface area contributed by atoms with E-state index < -0.39 is 23.5 Å². The van der Waals surface area contributed by atoms with Gasteiger partial charge < -0.3 is 25.4 Å². The van der Waals surface area contributed by atoms with Gasteiger partial charge in [0.05, 0.1) is 17.7 Å². The minimum atomic E-state index is -4.29. The average Bonchev–Trinajstić information content (AvgIpc) is 3.07. The first kappa shape index (κ1) is 41.8. The van der Waals surface area contributed by atoms with E-state index in [1.54, 1.807) is 31.2 Å². The molecular weight excluding hydrogens is 660 g/mol. The molecule has 0 heterocycles. The lowest BCUT2D eigenvalue weighted by molar-refractivity contribution is -0.138. The molecule has 272 valence electrons. The number of halogens is 6. The highest BCUT2D eigenvalue weighted by Gasteiger charge is 2.30. The van der Waals surface area contributed by atoms with Gasteiger partial charge in [-0.15, -0.1) is 0 Å². The highest BCUT2D eigenvalue weighted by Crippen LogP contribution is 2.30. The summed E-state index contributed by atoms with van der Waals surface area (Å²) in [5.41, 5.74) is 4.03. The number of phenols is 2. The van der Waals surface area contributed by atoms with E-state index >= 15 is 0 Å². The first-order chi connectivity index (χ1) is 23.4. The molecule has 0 saturated heterocycles. The second-order valence-electron chi connectivity index (χ2n) is 12.0. The number of aromatic hydroxyl groups is 2. The maximum absolute atomic E-state index is 12.5. The van der Waals surface area contributed by atoms with Crippen LogP contribution < -0.4 is 5.32 Å². The zero-order chi connectivity index (χ0) is 37.5. The second kappa shape index (κ2) is 19.7. The number of carbonyl (C=O) groups is 1. The largest absolute Gasteiger partial charge is 0.508 e. The van der Waals surface area contributed by atoms with E-state index in [0.717, 1.165) is 71.3 Å². The van der Waals surface area contributed by atoms with E-state index in [1.165, 1.54) is 24.3 Å². The van der Waals surface area contributed by atoms with Crippen molar-refractivity contribution in [3.8, 4) is 11.5 Å². The Kier molecular flexibility index (Phi) is 16.5. The highest BCUT2D eigenvalue weighted by atomic mass is 19.4. The summed E-state index contributed by atoms with van der Waals surface area (Å²) in [4.78, 5) is 10.7. The molecule has 1 atom stereocenters. The van der Waals surface area contributed by atoms with E-state index in [4.69, 9.17) is 5.11 Å². The fourth-order valence-corrected chi connectivity index (χ4v) is 4.63. The molecule has 0 amide bonds. The minimum Gasteiger partial charge on any atom is -0.508 e. The average molecular weight is 706 g/mol. The number of hydrogen-bond donors (Lipinski definition) is 4. The van der Waals surface area contributed by atoms with Crippen molar-refractivity contribution < 1.29 is 46.5 Å². The molecule has 1 unspecified atom stereocenters. The van der Waals surface area contributed by atoms with E-state index in [2.05, 4.69) is 12.2 Å². The van der Waals surface area contributed by atoms with Gasteiger partial charge in [-0.25, -0.2) is 0 Å². The number of phenolic OH excluding ortho intramolecular Hbond substituents is 1. The maximum Gasteiger partial charge on any atom is 0.416 e. The SMILES string of the molecule is CC(=O)CCc1ccc(O)c(CO)c1.CCc1ccc(C(F)(F)F)cc1.Cc1cc(CCC(C)NCc2ccc(C(F)(F)F)cc2)ccc1O. The number of alkyl halides is 6. The van der Waals surface area contributed by atoms with Gasteiger partial charge in [0.25, 0.3) is 0 Å². The first-order valence-corrected chi connectivity index (χ1v) is 16.2. The number of nitrogens with one attached hydrogen (secondary N) is 1. The van der Waals surface area contributed by atoms with E-state index in [0.29, 0.717) is 30.7 Å². The van der Waals surface area contributed by atoms with E-state index in [9.17, 15) is 41.4 Å². The summed E-state index contributed by atoms with van der Waals surface area (Å²) in [6, 6.07) is 21.3. The molecule has 0 spiro atoms. The van der Waals surface area contributed by atoms with Crippen molar-refractivity contribution in [1.29, 1.82) is 0 Å². The quantitative estimate of drug-likeness (QED) is 0.117. The molecule has 0 aromatic heterocycles. The van der Waals surface area contributed by atoms with Crippen molar-refractivity contribution in [1.82, 2.24) is 5.32 Å². The lowest BCUT2D eigenvalue weighted by Crippen LogP contribution is -2.26. The number of ketones is 1. The zero-order valence-corrected chi connectivity index (χ0v) is 28.6. The molecule has 5 nitrogen and oxygen atoms in total. The number of aliphatic hydroxyl groups is 1. The topological polar surface area (TPSA) is 89.8 Å². The van der Waals surface area contributed by atoms with Crippen molar-refractivity contribution >= 4 is 5.78 Å². The molecule has 0 aliphatic carbocycles. The number of carbonyl (C=O) groups excluding carboxylic acids is 1. The third kappa shape index (κ3) is 15.0. The van der Waals surface area contributed by atoms with Crippen LogP contribution in [0.1, 0.15) is 78.1 Å². The van der Waals surface area contributed by atoms with Gasteiger partial charge in [0.1, 0.15) is 17.3 Å². The Morgan fingerprint density at radius 3 is 1.66 bits per heavy atom. The van der Waals surface area contributed by atoms with Crippen molar-refractivity contribution in [2.75, 3.05) is 0 Å². The van der Waals surface area contributed by atoms with Crippen LogP contribution in [0.5, 0.6) is 11.5 Å². The van der Waals surface area contributed by atoms with Crippen molar-refractivity contribution in [3.05, 3.63) is 129 Å². The van der Waals surface area contributed by atoms with Crippen molar-refractivity contribution in [2.45, 2.75) is 91.3 Å². The van der Waals surface area contributed by atoms with Gasteiger partial charge in [-0.05, 0) is 117 Å². The van der Waals surface area contributed by atoms with Gasteiger partial charge in [0, 0.05) is 24.6 Å². The molecular formula is C39H45F6NO4. The number of Topliss-reactive ketones (excluding diaryl/α,β-unsaturated/α-hetero) is 1. The summed E-state index contributed by atoms with van der Waals surface area (Å²) in [7, 11) is 0. The number of aliphatic hydroxyl groups excluding tert-OH is 1. The lowest BCUT2D eigenvalue weighted by atomic mass is 10.0. The Hall–Kier alpha value is -4.35. The highest BCUT2D eigenvalue weighted by molar-refractivity contribution is 5.75. The maximum atomic E-state index is 12.5. The van der Waals surface area contributed by atoms with Crippen molar-refractivity contribution in [2.24, 2.45) is 0 Å². The third-order valence-electron chi connectivity index (χ3n) is 7.83. The van der Waals surface area contributed by atoms with Gasteiger partial charge in [-0.1, -0.05) is 49.4 Å². The summed E-state index contributed by atoms with van der Waals surface area (Å²) in [5, 5.41) is 31.0. The van der Waals surface area contributed by atoms with Gasteiger partial charge >= 0.3 is 12.4 Å². The van der Waals surface area contributed by atoms with E-state index in [-0.39, 0.29) is 24.2 Å². The normalized spacial score (nSPS) is 11.9. The van der Waals surface area contributed by atoms with Crippen LogP contribution in [0.2, 0.25) is 0 Å². The van der Waals surface area contributed by atoms with Crippen molar-refractivity contribution in [3.63, 3.8) is 0 Å². The molecule has 50 heavy (non-hydrogen) atoms. The first-order valence-electron chi connectivity index (χ1n) is 16.2. The Morgan fingerprint density at radius 1 is 0.720 bits per heavy atom. The van der Waals surface area contributed by atoms with Gasteiger partial charge in [0.15, 0.2) is 0 Å². The van der Waals surface area contributed by atoms with Crippen LogP contribution in [0, 0.1) is 6.92 Å². The molecule has 0 saturated carbocycles. The number of hydrogen-bond acceptors (Lipinski definition) is 5. The van der Waals surface area contributed by atoms with Crippen LogP contribution in [-0.2, 0) is 49.6 Å². The summed E-state index contributed by atoms with van der Waals surface area (Å²) in [6.45, 7) is 7.73. The van der Waals surface area contributed by atoms with Crippen LogP contribution in [0.4, 0.5) is 26.3 Å². The molecule has 4 rings (SSSR count). The summed E-state index contributed by atoms with van der Waals surface area (Å²) in [5.74, 6) is 0.537. The predicted octanol–water partition coefficient (Wildman–Crippen LogP) is 9.50. The lowest BCUT2D eigenvalue weighted by Gasteiger charge is -2.15. The molecule has 0 radical (unpaired) electrons. The molecule has 0 aliphatic heterocycles. The van der Waals surface area contributed by atoms with Gasteiger partial charge in [-0.2, -0.15) is 26.3 Å². The Bertz CT molecular complexity index is 1620. The van der Waals surface area contributed by atoms with Crippen LogP contribution in [0.25, 0.3) is 0 Å². The fourth-order valence-electron chi connectivity index (χ4n) is 4.63. The molecule has 11 heteroatoms. The predicted molar refractivity (Wildman–Crippen MR) is 183 cm³/mol. The molecule has 4 aromatic rings. The summed E-state index contributed by atoms with van der Waals surface area (Å²) in [6.07, 6.45) is -4.81. The van der Waals surface area contributed by atoms with Gasteiger partial charge in [0.2, 0.25) is 0 Å². The Labute approximate surface area is 289 Å². The Morgan fingerprint density at radius 2 is 1.20 bits per heavy atom. The minimum absolute atomic E-state index is 0.0964. The van der Waals surface area contributed by atoms with E-state index in [1.807, 2.05) is 26.0 Å². The fraction of sp³-hybridized carbons (Fsp3) is 0.359. The third-order valence-corrected chi connectivity index (χ3v) is 7.83. The monoisotopic (exact) mass is 705 g/mol. The van der Waals surface area contributed by atoms with Gasteiger partial charge in [-0.3, -0.25) is 0 Å². The molecule has 0 aliphatic rings. The molecule has 4 N–H and O–H groups in total. The second-order valence-corrected chi connectivity index (χ2v) is 12.0. The number of rotatable bonds is 11. The van der Waals surface area contributed by atoms with Crippen LogP contribution in [0.15, 0.2) is 84.9 Å².